The first-order valence-electron chi connectivity index (χ1n) is 8.24. The van der Waals surface area contributed by atoms with Crippen LogP contribution in [0.15, 0.2) is 0 Å². The first-order chi connectivity index (χ1) is 9.43. The lowest BCUT2D eigenvalue weighted by Crippen LogP contribution is -2.54. The van der Waals surface area contributed by atoms with Gasteiger partial charge in [0.25, 0.3) is 0 Å². The third-order valence-corrected chi connectivity index (χ3v) is 4.83. The van der Waals surface area contributed by atoms with E-state index < -0.39 is 0 Å². The summed E-state index contributed by atoms with van der Waals surface area (Å²) < 4.78 is 0. The van der Waals surface area contributed by atoms with E-state index in [2.05, 4.69) is 43.2 Å². The van der Waals surface area contributed by atoms with E-state index in [4.69, 9.17) is 0 Å². The predicted octanol–water partition coefficient (Wildman–Crippen LogP) is 1.90. The number of amides is 1. The molecule has 1 amide bonds. The molecular weight excluding hydrogens is 250 g/mol. The van der Waals surface area contributed by atoms with E-state index in [1.807, 2.05) is 0 Å². The summed E-state index contributed by atoms with van der Waals surface area (Å²) in [5, 5.41) is 6.74. The van der Waals surface area contributed by atoms with Crippen molar-refractivity contribution in [1.82, 2.24) is 15.5 Å². The summed E-state index contributed by atoms with van der Waals surface area (Å²) in [5.41, 5.74) is -0.105. The van der Waals surface area contributed by atoms with Gasteiger partial charge in [-0.2, -0.15) is 0 Å². The molecule has 2 rings (SSSR count). The van der Waals surface area contributed by atoms with Gasteiger partial charge in [-0.1, -0.05) is 6.92 Å². The van der Waals surface area contributed by atoms with Gasteiger partial charge < -0.3 is 10.6 Å². The Morgan fingerprint density at radius 1 is 1.40 bits per heavy atom. The number of carbonyl (C=O) groups excluding carboxylic acids is 1. The van der Waals surface area contributed by atoms with Gasteiger partial charge in [-0.25, -0.2) is 0 Å². The first kappa shape index (κ1) is 15.8. The van der Waals surface area contributed by atoms with Crippen LogP contribution in [0.25, 0.3) is 0 Å². The van der Waals surface area contributed by atoms with Crippen molar-refractivity contribution in [3.63, 3.8) is 0 Å². The Balaban J connectivity index is 1.92. The van der Waals surface area contributed by atoms with Gasteiger partial charge in [0.2, 0.25) is 5.91 Å². The number of nitrogens with zero attached hydrogens (tertiary/aromatic N) is 1. The van der Waals surface area contributed by atoms with Gasteiger partial charge in [-0.05, 0) is 59.4 Å². The Morgan fingerprint density at radius 3 is 2.60 bits per heavy atom. The van der Waals surface area contributed by atoms with Crippen LogP contribution in [-0.2, 0) is 4.79 Å². The average molecular weight is 281 g/mol. The Labute approximate surface area is 123 Å². The summed E-state index contributed by atoms with van der Waals surface area (Å²) in [7, 11) is 0. The average Bonchev–Trinajstić information content (AvgIpc) is 3.12. The third-order valence-electron chi connectivity index (χ3n) is 4.83. The highest BCUT2D eigenvalue weighted by Gasteiger charge is 2.37. The summed E-state index contributed by atoms with van der Waals surface area (Å²) in [6.45, 7) is 10.5. The molecule has 1 saturated heterocycles. The van der Waals surface area contributed by atoms with Crippen molar-refractivity contribution in [3.05, 3.63) is 0 Å². The highest BCUT2D eigenvalue weighted by molar-refractivity contribution is 5.82. The van der Waals surface area contributed by atoms with E-state index in [0.717, 1.165) is 19.5 Å². The lowest BCUT2D eigenvalue weighted by atomic mass is 10.0. The second kappa shape index (κ2) is 6.44. The smallest absolute Gasteiger partial charge is 0.237 e. The van der Waals surface area contributed by atoms with E-state index in [-0.39, 0.29) is 17.5 Å². The Kier molecular flexibility index (Phi) is 5.08. The molecule has 0 aromatic heterocycles. The van der Waals surface area contributed by atoms with Crippen molar-refractivity contribution >= 4 is 5.91 Å². The van der Waals surface area contributed by atoms with Crippen molar-refractivity contribution < 1.29 is 4.79 Å². The molecule has 4 nitrogen and oxygen atoms in total. The second-order valence-corrected chi connectivity index (χ2v) is 7.12. The zero-order chi connectivity index (χ0) is 14.8. The first-order valence-corrected chi connectivity index (χ1v) is 8.24. The fourth-order valence-corrected chi connectivity index (χ4v) is 2.87. The molecule has 0 radical (unpaired) electrons. The van der Waals surface area contributed by atoms with Gasteiger partial charge in [0, 0.05) is 24.2 Å². The lowest BCUT2D eigenvalue weighted by Gasteiger charge is -2.33. The maximum atomic E-state index is 12.5. The molecule has 2 fully saturated rings. The predicted molar refractivity (Wildman–Crippen MR) is 82.7 cm³/mol. The van der Waals surface area contributed by atoms with Crippen LogP contribution in [0.1, 0.15) is 59.8 Å². The number of hydrogen-bond donors (Lipinski definition) is 2. The van der Waals surface area contributed by atoms with Crippen molar-refractivity contribution in [2.75, 3.05) is 13.1 Å². The molecule has 0 aromatic carbocycles. The highest BCUT2D eigenvalue weighted by atomic mass is 16.2. The van der Waals surface area contributed by atoms with E-state index in [9.17, 15) is 4.79 Å². The van der Waals surface area contributed by atoms with Crippen LogP contribution in [0, 0.1) is 0 Å². The standard InChI is InChI=1S/C16H31N3O/c1-5-16(3,4)18-15(20)12(2)19(14-8-9-14)11-13-7-6-10-17-13/h12-14,17H,5-11H2,1-4H3,(H,18,20). The molecule has 2 N–H and O–H groups in total. The number of carbonyl (C=O) groups is 1. The molecule has 4 heteroatoms. The van der Waals surface area contributed by atoms with E-state index >= 15 is 0 Å². The van der Waals surface area contributed by atoms with E-state index in [0.29, 0.717) is 12.1 Å². The largest absolute Gasteiger partial charge is 0.350 e. The molecule has 2 aliphatic rings. The number of rotatable bonds is 7. The number of hydrogen-bond acceptors (Lipinski definition) is 3. The minimum Gasteiger partial charge on any atom is -0.350 e. The van der Waals surface area contributed by atoms with Crippen LogP contribution in [0.3, 0.4) is 0 Å². The molecule has 20 heavy (non-hydrogen) atoms. The SMILES string of the molecule is CCC(C)(C)NC(=O)C(C)N(CC1CCCN1)C1CC1. The van der Waals surface area contributed by atoms with Gasteiger partial charge in [0.1, 0.15) is 0 Å². The minimum absolute atomic E-state index is 0.0178. The van der Waals surface area contributed by atoms with Gasteiger partial charge in [0.15, 0.2) is 0 Å². The minimum atomic E-state index is -0.105. The summed E-state index contributed by atoms with van der Waals surface area (Å²) in [4.78, 5) is 14.9. The molecule has 2 atom stereocenters. The number of nitrogens with one attached hydrogen (secondary N) is 2. The van der Waals surface area contributed by atoms with Crippen molar-refractivity contribution in [2.45, 2.75) is 83.5 Å². The van der Waals surface area contributed by atoms with Crippen LogP contribution in [0.4, 0.5) is 0 Å². The fraction of sp³-hybridized carbons (Fsp3) is 0.938. The zero-order valence-electron chi connectivity index (χ0n) is 13.5. The maximum absolute atomic E-state index is 12.5. The van der Waals surface area contributed by atoms with Crippen molar-refractivity contribution in [1.29, 1.82) is 0 Å². The Hall–Kier alpha value is -0.610. The fourth-order valence-electron chi connectivity index (χ4n) is 2.87. The van der Waals surface area contributed by atoms with Gasteiger partial charge >= 0.3 is 0 Å². The van der Waals surface area contributed by atoms with Gasteiger partial charge in [-0.15, -0.1) is 0 Å². The molecule has 1 aliphatic carbocycles. The van der Waals surface area contributed by atoms with E-state index in [1.165, 1.54) is 25.7 Å². The quantitative estimate of drug-likeness (QED) is 0.749. The third kappa shape index (κ3) is 4.19. The van der Waals surface area contributed by atoms with Crippen LogP contribution in [0.5, 0.6) is 0 Å². The van der Waals surface area contributed by atoms with Gasteiger partial charge in [0.05, 0.1) is 6.04 Å². The molecular formula is C16H31N3O. The monoisotopic (exact) mass is 281 g/mol. The van der Waals surface area contributed by atoms with Gasteiger partial charge in [-0.3, -0.25) is 9.69 Å². The van der Waals surface area contributed by atoms with Crippen LogP contribution in [-0.4, -0.2) is 47.6 Å². The molecule has 0 bridgehead atoms. The Bertz CT molecular complexity index is 333. The lowest BCUT2D eigenvalue weighted by molar-refractivity contribution is -0.127. The van der Waals surface area contributed by atoms with Crippen molar-refractivity contribution in [2.24, 2.45) is 0 Å². The zero-order valence-corrected chi connectivity index (χ0v) is 13.5. The summed E-state index contributed by atoms with van der Waals surface area (Å²) >= 11 is 0. The van der Waals surface area contributed by atoms with E-state index in [1.54, 1.807) is 0 Å². The molecule has 1 aliphatic heterocycles. The molecule has 116 valence electrons. The highest BCUT2D eigenvalue weighted by Crippen LogP contribution is 2.29. The molecule has 1 heterocycles. The molecule has 0 aromatic rings. The summed E-state index contributed by atoms with van der Waals surface area (Å²) in [6, 6.07) is 1.18. The van der Waals surface area contributed by atoms with Crippen molar-refractivity contribution in [3.8, 4) is 0 Å². The van der Waals surface area contributed by atoms with Crippen LogP contribution < -0.4 is 10.6 Å². The topological polar surface area (TPSA) is 44.4 Å². The molecule has 1 saturated carbocycles. The molecule has 2 unspecified atom stereocenters. The normalized spacial score (nSPS) is 24.9. The molecule has 0 spiro atoms. The second-order valence-electron chi connectivity index (χ2n) is 7.12. The van der Waals surface area contributed by atoms with Crippen LogP contribution >= 0.6 is 0 Å². The summed E-state index contributed by atoms with van der Waals surface area (Å²) in [5.74, 6) is 0.182. The maximum Gasteiger partial charge on any atom is 0.237 e. The summed E-state index contributed by atoms with van der Waals surface area (Å²) in [6.07, 6.45) is 5.98. The Morgan fingerprint density at radius 2 is 2.10 bits per heavy atom. The van der Waals surface area contributed by atoms with Crippen LogP contribution in [0.2, 0.25) is 0 Å².